The van der Waals surface area contributed by atoms with Crippen molar-refractivity contribution in [2.24, 2.45) is 0 Å². The number of benzene rings is 1. The fourth-order valence-electron chi connectivity index (χ4n) is 0.639. The van der Waals surface area contributed by atoms with Gasteiger partial charge in [-0.1, -0.05) is 62.2 Å². The molecule has 0 saturated heterocycles. The number of halogens is 2. The minimum absolute atomic E-state index is 0.388. The number of thiol groups is 1. The Kier molecular flexibility index (Phi) is 2.83. The van der Waals surface area contributed by atoms with Crippen LogP contribution >= 0.6 is 44.5 Å². The second kappa shape index (κ2) is 3.28. The van der Waals surface area contributed by atoms with Crippen LogP contribution in [-0.2, 0) is 2.57 Å². The van der Waals surface area contributed by atoms with Gasteiger partial charge < -0.3 is 0 Å². The van der Waals surface area contributed by atoms with Crippen molar-refractivity contribution in [3.8, 4) is 0 Å². The maximum absolute atomic E-state index is 4.28. The highest BCUT2D eigenvalue weighted by atomic mass is 79.9. The van der Waals surface area contributed by atoms with Crippen molar-refractivity contribution in [3.63, 3.8) is 0 Å². The van der Waals surface area contributed by atoms with Crippen molar-refractivity contribution in [1.29, 1.82) is 0 Å². The second-order valence-electron chi connectivity index (χ2n) is 1.91. The van der Waals surface area contributed by atoms with E-state index < -0.39 is 0 Å². The molecular formula is C7H6Br2S. The summed E-state index contributed by atoms with van der Waals surface area (Å²) in [6.45, 7) is 0. The molecule has 0 spiro atoms. The van der Waals surface area contributed by atoms with Gasteiger partial charge in [-0.2, -0.15) is 0 Å². The lowest BCUT2D eigenvalue weighted by Gasteiger charge is -2.12. The van der Waals surface area contributed by atoms with E-state index in [1.807, 2.05) is 30.3 Å². The molecule has 0 N–H and O–H groups in total. The van der Waals surface area contributed by atoms with Gasteiger partial charge in [0.25, 0.3) is 0 Å². The second-order valence-corrected chi connectivity index (χ2v) is 7.25. The minimum Gasteiger partial charge on any atom is -0.145 e. The molecular weight excluding hydrogens is 276 g/mol. The van der Waals surface area contributed by atoms with Crippen LogP contribution in [0.15, 0.2) is 30.3 Å². The largest absolute Gasteiger partial charge is 0.148 e. The van der Waals surface area contributed by atoms with Crippen molar-refractivity contribution in [3.05, 3.63) is 35.9 Å². The van der Waals surface area contributed by atoms with E-state index in [0.717, 1.165) is 5.56 Å². The average molecular weight is 282 g/mol. The Morgan fingerprint density at radius 3 is 1.90 bits per heavy atom. The van der Waals surface area contributed by atoms with Crippen molar-refractivity contribution in [2.75, 3.05) is 0 Å². The molecule has 1 rings (SSSR count). The van der Waals surface area contributed by atoms with E-state index in [1.165, 1.54) is 0 Å². The molecule has 0 aliphatic rings. The van der Waals surface area contributed by atoms with Crippen molar-refractivity contribution in [1.82, 2.24) is 0 Å². The van der Waals surface area contributed by atoms with Gasteiger partial charge in [-0.05, 0) is 5.56 Å². The zero-order chi connectivity index (χ0) is 7.61. The summed E-state index contributed by atoms with van der Waals surface area (Å²) in [5, 5.41) is 0. The van der Waals surface area contributed by atoms with Crippen molar-refractivity contribution in [2.45, 2.75) is 2.57 Å². The molecule has 0 aromatic heterocycles. The fraction of sp³-hybridized carbons (Fsp3) is 0.143. The summed E-state index contributed by atoms with van der Waals surface area (Å²) in [5.41, 5.74) is 1.10. The monoisotopic (exact) mass is 280 g/mol. The first-order valence-electron chi connectivity index (χ1n) is 2.76. The van der Waals surface area contributed by atoms with E-state index in [-0.39, 0.29) is 2.57 Å². The van der Waals surface area contributed by atoms with Gasteiger partial charge in [0.15, 0.2) is 0 Å². The molecule has 0 radical (unpaired) electrons. The first kappa shape index (κ1) is 8.62. The zero-order valence-electron chi connectivity index (χ0n) is 5.09. The standard InChI is InChI=1S/C7H6Br2S/c8-7(9,10)6-4-2-1-3-5-6/h1-5,10H. The lowest BCUT2D eigenvalue weighted by molar-refractivity contribution is 1.36. The van der Waals surface area contributed by atoms with Gasteiger partial charge in [-0.25, -0.2) is 0 Å². The van der Waals surface area contributed by atoms with Crippen LogP contribution in [-0.4, -0.2) is 0 Å². The molecule has 0 aliphatic carbocycles. The lowest BCUT2D eigenvalue weighted by Crippen LogP contribution is -1.96. The zero-order valence-corrected chi connectivity index (χ0v) is 9.16. The molecule has 0 fully saturated rings. The smallest absolute Gasteiger partial charge is 0.145 e. The summed E-state index contributed by atoms with van der Waals surface area (Å²) in [6.07, 6.45) is 0. The maximum atomic E-state index is 4.28. The summed E-state index contributed by atoms with van der Waals surface area (Å²) in [4.78, 5) is 0. The fourth-order valence-corrected chi connectivity index (χ4v) is 1.32. The van der Waals surface area contributed by atoms with Crippen molar-refractivity contribution < 1.29 is 0 Å². The first-order chi connectivity index (χ1) is 4.61. The Morgan fingerprint density at radius 2 is 1.60 bits per heavy atom. The Balaban J connectivity index is 2.97. The lowest BCUT2D eigenvalue weighted by atomic mass is 10.2. The molecule has 3 heteroatoms. The first-order valence-corrected chi connectivity index (χ1v) is 4.80. The molecule has 0 unspecified atom stereocenters. The van der Waals surface area contributed by atoms with Gasteiger partial charge in [-0.3, -0.25) is 0 Å². The highest BCUT2D eigenvalue weighted by molar-refractivity contribution is 9.27. The quantitative estimate of drug-likeness (QED) is 0.591. The predicted molar refractivity (Wildman–Crippen MR) is 55.0 cm³/mol. The highest BCUT2D eigenvalue weighted by Gasteiger charge is 2.17. The molecule has 1 aromatic carbocycles. The molecule has 0 aliphatic heterocycles. The van der Waals surface area contributed by atoms with Gasteiger partial charge in [0.05, 0.1) is 0 Å². The summed E-state index contributed by atoms with van der Waals surface area (Å²) >= 11 is 11.0. The Hall–Kier alpha value is 0.530. The molecule has 10 heavy (non-hydrogen) atoms. The van der Waals surface area contributed by atoms with Crippen LogP contribution in [0.1, 0.15) is 5.56 Å². The summed E-state index contributed by atoms with van der Waals surface area (Å²) in [7, 11) is 0. The maximum Gasteiger partial charge on any atom is 0.148 e. The number of hydrogen-bond acceptors (Lipinski definition) is 1. The Labute approximate surface area is 82.7 Å². The van der Waals surface area contributed by atoms with Crippen molar-refractivity contribution >= 4 is 44.5 Å². The molecule has 0 bridgehead atoms. The van der Waals surface area contributed by atoms with Crippen LogP contribution in [0.5, 0.6) is 0 Å². The normalized spacial score (nSPS) is 11.5. The van der Waals surface area contributed by atoms with Gasteiger partial charge in [0.2, 0.25) is 0 Å². The minimum atomic E-state index is -0.388. The molecule has 0 atom stereocenters. The number of hydrogen-bond donors (Lipinski definition) is 1. The van der Waals surface area contributed by atoms with Gasteiger partial charge in [-0.15, -0.1) is 12.6 Å². The van der Waals surface area contributed by atoms with Crippen LogP contribution in [0.3, 0.4) is 0 Å². The third-order valence-electron chi connectivity index (χ3n) is 1.12. The van der Waals surface area contributed by atoms with Crippen LogP contribution in [0.2, 0.25) is 0 Å². The third kappa shape index (κ3) is 2.29. The van der Waals surface area contributed by atoms with Gasteiger partial charge in [0, 0.05) is 0 Å². The molecule has 0 heterocycles. The average Bonchev–Trinajstić information content (AvgIpc) is 1.88. The Morgan fingerprint density at radius 1 is 1.10 bits per heavy atom. The van der Waals surface area contributed by atoms with Gasteiger partial charge >= 0.3 is 0 Å². The predicted octanol–water partition coefficient (Wildman–Crippen LogP) is 3.52. The summed E-state index contributed by atoms with van der Waals surface area (Å²) in [6, 6.07) is 9.92. The van der Waals surface area contributed by atoms with Crippen LogP contribution in [0, 0.1) is 0 Å². The van der Waals surface area contributed by atoms with E-state index in [1.54, 1.807) is 0 Å². The number of rotatable bonds is 1. The highest BCUT2D eigenvalue weighted by Crippen LogP contribution is 2.41. The summed E-state index contributed by atoms with van der Waals surface area (Å²) in [5.74, 6) is 0. The van der Waals surface area contributed by atoms with E-state index in [9.17, 15) is 0 Å². The SMILES string of the molecule is SC(Br)(Br)c1ccccc1. The van der Waals surface area contributed by atoms with Crippen LogP contribution < -0.4 is 0 Å². The molecule has 0 amide bonds. The van der Waals surface area contributed by atoms with Crippen LogP contribution in [0.4, 0.5) is 0 Å². The Bertz CT molecular complexity index is 203. The number of alkyl halides is 2. The van der Waals surface area contributed by atoms with E-state index >= 15 is 0 Å². The van der Waals surface area contributed by atoms with E-state index in [2.05, 4.69) is 44.5 Å². The molecule has 0 saturated carbocycles. The molecule has 54 valence electrons. The van der Waals surface area contributed by atoms with Gasteiger partial charge in [0.1, 0.15) is 2.57 Å². The third-order valence-corrected chi connectivity index (χ3v) is 2.29. The molecule has 1 aromatic rings. The van der Waals surface area contributed by atoms with Crippen LogP contribution in [0.25, 0.3) is 0 Å². The summed E-state index contributed by atoms with van der Waals surface area (Å²) < 4.78 is -0.388. The topological polar surface area (TPSA) is 0 Å². The van der Waals surface area contributed by atoms with E-state index in [0.29, 0.717) is 0 Å². The van der Waals surface area contributed by atoms with E-state index in [4.69, 9.17) is 0 Å². The molecule has 0 nitrogen and oxygen atoms in total.